The van der Waals surface area contributed by atoms with Crippen molar-refractivity contribution in [3.63, 3.8) is 0 Å². The third-order valence-corrected chi connectivity index (χ3v) is 4.77. The molecule has 2 fully saturated rings. The van der Waals surface area contributed by atoms with Gasteiger partial charge in [0, 0.05) is 25.2 Å². The Bertz CT molecular complexity index is 510. The Hall–Kier alpha value is -1.52. The fourth-order valence-corrected chi connectivity index (χ4v) is 3.69. The molecule has 0 spiro atoms. The quantitative estimate of drug-likeness (QED) is 0.924. The van der Waals surface area contributed by atoms with E-state index in [1.165, 1.54) is 19.3 Å². The minimum atomic E-state index is 0.0575. The summed E-state index contributed by atoms with van der Waals surface area (Å²) in [6.07, 6.45) is 7.13. The molecule has 3 rings (SSSR count). The summed E-state index contributed by atoms with van der Waals surface area (Å²) in [7, 11) is 0. The fourth-order valence-electron chi connectivity index (χ4n) is 3.69. The lowest BCUT2D eigenvalue weighted by molar-refractivity contribution is 0.204. The van der Waals surface area contributed by atoms with E-state index in [0.717, 1.165) is 49.8 Å². The molecule has 116 valence electrons. The molecule has 0 unspecified atom stereocenters. The third-order valence-electron chi connectivity index (χ3n) is 4.77. The van der Waals surface area contributed by atoms with Crippen molar-refractivity contribution in [1.29, 1.82) is 0 Å². The van der Waals surface area contributed by atoms with Crippen LogP contribution in [0.15, 0.2) is 6.07 Å². The van der Waals surface area contributed by atoms with E-state index in [-0.39, 0.29) is 6.03 Å². The highest BCUT2D eigenvalue weighted by Crippen LogP contribution is 2.35. The molecule has 5 heteroatoms. The number of nitrogens with one attached hydrogen (secondary N) is 1. The molecule has 1 aliphatic carbocycles. The Morgan fingerprint density at radius 2 is 2.33 bits per heavy atom. The van der Waals surface area contributed by atoms with E-state index in [0.29, 0.717) is 6.04 Å². The van der Waals surface area contributed by atoms with Crippen LogP contribution in [0.4, 0.5) is 10.6 Å². The van der Waals surface area contributed by atoms with Crippen molar-refractivity contribution in [2.24, 2.45) is 5.92 Å². The summed E-state index contributed by atoms with van der Waals surface area (Å²) in [5.41, 5.74) is 0.960. The number of aromatic nitrogens is 2. The van der Waals surface area contributed by atoms with E-state index < -0.39 is 0 Å². The van der Waals surface area contributed by atoms with Crippen LogP contribution in [0.1, 0.15) is 51.1 Å². The van der Waals surface area contributed by atoms with Gasteiger partial charge in [0.25, 0.3) is 0 Å². The monoisotopic (exact) mass is 290 g/mol. The van der Waals surface area contributed by atoms with Gasteiger partial charge in [-0.1, -0.05) is 19.8 Å². The number of anilines is 1. The van der Waals surface area contributed by atoms with E-state index in [4.69, 9.17) is 0 Å². The highest BCUT2D eigenvalue weighted by atomic mass is 16.2. The summed E-state index contributed by atoms with van der Waals surface area (Å²) >= 11 is 0. The van der Waals surface area contributed by atoms with Gasteiger partial charge in [0.15, 0.2) is 0 Å². The molecule has 0 radical (unpaired) electrons. The Morgan fingerprint density at radius 1 is 1.48 bits per heavy atom. The van der Waals surface area contributed by atoms with E-state index in [1.54, 1.807) is 0 Å². The average Bonchev–Trinajstić information content (AvgIpc) is 2.96. The van der Waals surface area contributed by atoms with E-state index in [1.807, 2.05) is 22.6 Å². The van der Waals surface area contributed by atoms with Crippen LogP contribution in [0.3, 0.4) is 0 Å². The lowest BCUT2D eigenvalue weighted by atomic mass is 9.91. The first-order valence-electron chi connectivity index (χ1n) is 8.29. The number of hydrogen-bond acceptors (Lipinski definition) is 2. The van der Waals surface area contributed by atoms with Crippen LogP contribution in [0, 0.1) is 12.8 Å². The van der Waals surface area contributed by atoms with Gasteiger partial charge in [-0.3, -0.25) is 5.32 Å². The summed E-state index contributed by atoms with van der Waals surface area (Å²) in [6.45, 7) is 5.94. The van der Waals surface area contributed by atoms with Crippen LogP contribution in [0.5, 0.6) is 0 Å². The molecule has 1 aromatic rings. The second-order valence-corrected chi connectivity index (χ2v) is 6.52. The molecule has 2 aliphatic rings. The number of carbonyl (C=O) groups excluding carboxylic acids is 1. The molecular weight excluding hydrogens is 264 g/mol. The van der Waals surface area contributed by atoms with Crippen LogP contribution in [-0.2, 0) is 6.54 Å². The number of likely N-dealkylation sites (tertiary alicyclic amines) is 1. The molecule has 2 atom stereocenters. The van der Waals surface area contributed by atoms with Gasteiger partial charge in [-0.15, -0.1) is 0 Å². The van der Waals surface area contributed by atoms with E-state index >= 15 is 0 Å². The predicted molar refractivity (Wildman–Crippen MR) is 83.3 cm³/mol. The minimum Gasteiger partial charge on any atom is -0.321 e. The first kappa shape index (κ1) is 14.4. The number of nitrogens with zero attached hydrogens (tertiary/aromatic N) is 3. The van der Waals surface area contributed by atoms with Crippen LogP contribution in [0.2, 0.25) is 0 Å². The fraction of sp³-hybridized carbons (Fsp3) is 0.750. The molecule has 2 bridgehead atoms. The molecule has 1 saturated heterocycles. The highest BCUT2D eigenvalue weighted by molar-refractivity contribution is 5.89. The maximum Gasteiger partial charge on any atom is 0.323 e. The minimum absolute atomic E-state index is 0.0575. The highest BCUT2D eigenvalue weighted by Gasteiger charge is 2.37. The van der Waals surface area contributed by atoms with Gasteiger partial charge >= 0.3 is 6.03 Å². The standard InChI is InChI=1S/C16H26N4O/c1-3-4-8-20-15(9-12(2)18-20)17-16(21)19-11-13-6-5-7-14(19)10-13/h9,13-14H,3-8,10-11H2,1-2H3,(H,17,21)/t13-,14+/m1/s1. The van der Waals surface area contributed by atoms with Crippen LogP contribution < -0.4 is 5.32 Å². The van der Waals surface area contributed by atoms with Gasteiger partial charge in [0.1, 0.15) is 5.82 Å². The number of aryl methyl sites for hydroxylation is 2. The lowest BCUT2D eigenvalue weighted by Crippen LogP contribution is -2.38. The zero-order valence-corrected chi connectivity index (χ0v) is 13.1. The van der Waals surface area contributed by atoms with E-state index in [9.17, 15) is 4.79 Å². The van der Waals surface area contributed by atoms with Gasteiger partial charge in [-0.05, 0) is 38.5 Å². The summed E-state index contributed by atoms with van der Waals surface area (Å²) < 4.78 is 1.93. The molecule has 2 heterocycles. The third kappa shape index (κ3) is 3.06. The SMILES string of the molecule is CCCCn1nc(C)cc1NC(=O)N1C[C@@H]2CCC[C@H]1C2. The van der Waals surface area contributed by atoms with Crippen molar-refractivity contribution in [2.45, 2.75) is 65.0 Å². The molecule has 1 saturated carbocycles. The van der Waals surface area contributed by atoms with Crippen molar-refractivity contribution in [1.82, 2.24) is 14.7 Å². The second-order valence-electron chi connectivity index (χ2n) is 6.52. The Morgan fingerprint density at radius 3 is 3.10 bits per heavy atom. The first-order valence-corrected chi connectivity index (χ1v) is 8.29. The van der Waals surface area contributed by atoms with Crippen molar-refractivity contribution >= 4 is 11.8 Å². The van der Waals surface area contributed by atoms with Gasteiger partial charge in [-0.2, -0.15) is 5.10 Å². The molecule has 1 N–H and O–H groups in total. The summed E-state index contributed by atoms with van der Waals surface area (Å²) in [5, 5.41) is 7.56. The number of urea groups is 1. The predicted octanol–water partition coefficient (Wildman–Crippen LogP) is 3.40. The van der Waals surface area contributed by atoms with Crippen molar-refractivity contribution in [2.75, 3.05) is 11.9 Å². The number of carbonyl (C=O) groups is 1. The Labute approximate surface area is 126 Å². The molecular formula is C16H26N4O. The van der Waals surface area contributed by atoms with Crippen molar-refractivity contribution in [3.8, 4) is 0 Å². The maximum atomic E-state index is 12.6. The molecule has 21 heavy (non-hydrogen) atoms. The second kappa shape index (κ2) is 6.08. The number of hydrogen-bond donors (Lipinski definition) is 1. The summed E-state index contributed by atoms with van der Waals surface area (Å²) in [4.78, 5) is 14.6. The van der Waals surface area contributed by atoms with Gasteiger partial charge < -0.3 is 4.90 Å². The molecule has 5 nitrogen and oxygen atoms in total. The van der Waals surface area contributed by atoms with Gasteiger partial charge in [-0.25, -0.2) is 9.48 Å². The van der Waals surface area contributed by atoms with Crippen LogP contribution >= 0.6 is 0 Å². The van der Waals surface area contributed by atoms with Gasteiger partial charge in [0.05, 0.1) is 5.69 Å². The maximum absolute atomic E-state index is 12.6. The lowest BCUT2D eigenvalue weighted by Gasteiger charge is -2.24. The number of unbranched alkanes of at least 4 members (excludes halogenated alkanes) is 1. The van der Waals surface area contributed by atoms with Gasteiger partial charge in [0.2, 0.25) is 0 Å². The van der Waals surface area contributed by atoms with Crippen LogP contribution in [0.25, 0.3) is 0 Å². The zero-order valence-electron chi connectivity index (χ0n) is 13.1. The normalized spacial score (nSPS) is 24.4. The molecule has 0 aromatic carbocycles. The van der Waals surface area contributed by atoms with E-state index in [2.05, 4.69) is 17.3 Å². The first-order chi connectivity index (χ1) is 10.2. The molecule has 1 aromatic heterocycles. The summed E-state index contributed by atoms with van der Waals surface area (Å²) in [5.74, 6) is 1.56. The molecule has 2 amide bonds. The van der Waals surface area contributed by atoms with Crippen molar-refractivity contribution < 1.29 is 4.79 Å². The Balaban J connectivity index is 1.67. The zero-order chi connectivity index (χ0) is 14.8. The largest absolute Gasteiger partial charge is 0.323 e. The number of fused-ring (bicyclic) bond motifs is 2. The Kier molecular flexibility index (Phi) is 4.17. The number of rotatable bonds is 4. The van der Waals surface area contributed by atoms with Crippen LogP contribution in [-0.4, -0.2) is 33.3 Å². The summed E-state index contributed by atoms with van der Waals surface area (Å²) in [6, 6.07) is 2.48. The van der Waals surface area contributed by atoms with Crippen molar-refractivity contribution in [3.05, 3.63) is 11.8 Å². The topological polar surface area (TPSA) is 50.2 Å². The number of amides is 2. The smallest absolute Gasteiger partial charge is 0.321 e. The molecule has 1 aliphatic heterocycles. The average molecular weight is 290 g/mol.